The van der Waals surface area contributed by atoms with Gasteiger partial charge in [0.05, 0.1) is 0 Å². The molecule has 7 heteroatoms. The Morgan fingerprint density at radius 1 is 0.897 bits per heavy atom. The van der Waals surface area contributed by atoms with E-state index in [4.69, 9.17) is 32.7 Å². The second-order valence-electron chi connectivity index (χ2n) is 8.92. The van der Waals surface area contributed by atoms with Crippen LogP contribution >= 0.6 is 23.2 Å². The topological polar surface area (TPSA) is 71.3 Å². The van der Waals surface area contributed by atoms with E-state index in [0.717, 1.165) is 11.1 Å². The van der Waals surface area contributed by atoms with Crippen LogP contribution in [0.3, 0.4) is 0 Å². The predicted molar refractivity (Wildman–Crippen MR) is 156 cm³/mol. The SMILES string of the molecule is Cc1ccc(COc2ccccc2/C=C(\C#N)C(=O)Nc2ccc(OCc3ccc(Cl)cc3Cl)cc2)cc1C. The highest BCUT2D eigenvalue weighted by Gasteiger charge is 2.12. The summed E-state index contributed by atoms with van der Waals surface area (Å²) in [5.41, 5.74) is 5.37. The van der Waals surface area contributed by atoms with Gasteiger partial charge in [0.2, 0.25) is 0 Å². The molecule has 4 aromatic carbocycles. The zero-order valence-corrected chi connectivity index (χ0v) is 23.0. The number of ether oxygens (including phenoxy) is 2. The molecule has 4 rings (SSSR count). The second-order valence-corrected chi connectivity index (χ2v) is 9.76. The number of carbonyl (C=O) groups is 1. The lowest BCUT2D eigenvalue weighted by atomic mass is 10.1. The third kappa shape index (κ3) is 7.64. The fourth-order valence-electron chi connectivity index (χ4n) is 3.72. The minimum Gasteiger partial charge on any atom is -0.489 e. The predicted octanol–water partition coefficient (Wildman–Crippen LogP) is 8.31. The number of rotatable bonds is 9. The van der Waals surface area contributed by atoms with Crippen LogP contribution in [-0.2, 0) is 18.0 Å². The number of anilines is 1. The first kappa shape index (κ1) is 27.8. The Morgan fingerprint density at radius 3 is 2.38 bits per heavy atom. The van der Waals surface area contributed by atoms with Gasteiger partial charge in [-0.25, -0.2) is 0 Å². The van der Waals surface area contributed by atoms with Gasteiger partial charge in [0.15, 0.2) is 0 Å². The van der Waals surface area contributed by atoms with Crippen molar-refractivity contribution in [2.45, 2.75) is 27.1 Å². The molecule has 0 atom stereocenters. The number of nitriles is 1. The number of benzene rings is 4. The molecule has 0 fully saturated rings. The molecule has 1 amide bonds. The third-order valence-corrected chi connectivity index (χ3v) is 6.66. The number of halogens is 2. The maximum atomic E-state index is 12.9. The number of aryl methyl sites for hydroxylation is 2. The average Bonchev–Trinajstić information content (AvgIpc) is 2.93. The largest absolute Gasteiger partial charge is 0.489 e. The van der Waals surface area contributed by atoms with Gasteiger partial charge in [-0.15, -0.1) is 0 Å². The molecule has 4 aromatic rings. The van der Waals surface area contributed by atoms with Crippen LogP contribution in [0.2, 0.25) is 10.0 Å². The maximum Gasteiger partial charge on any atom is 0.266 e. The number of nitrogens with one attached hydrogen (secondary N) is 1. The average molecular weight is 557 g/mol. The zero-order valence-electron chi connectivity index (χ0n) is 21.5. The number of hydrogen-bond donors (Lipinski definition) is 1. The van der Waals surface area contributed by atoms with Crippen molar-refractivity contribution in [1.82, 2.24) is 0 Å². The van der Waals surface area contributed by atoms with Crippen molar-refractivity contribution in [3.63, 3.8) is 0 Å². The van der Waals surface area contributed by atoms with Gasteiger partial charge in [0.1, 0.15) is 36.4 Å². The summed E-state index contributed by atoms with van der Waals surface area (Å²) in [4.78, 5) is 12.9. The van der Waals surface area contributed by atoms with E-state index in [1.54, 1.807) is 42.5 Å². The Bertz CT molecular complexity index is 1560. The highest BCUT2D eigenvalue weighted by molar-refractivity contribution is 6.35. The smallest absolute Gasteiger partial charge is 0.266 e. The molecule has 0 heterocycles. The molecule has 0 aliphatic rings. The van der Waals surface area contributed by atoms with E-state index >= 15 is 0 Å². The Hall–Kier alpha value is -4.24. The number of hydrogen-bond acceptors (Lipinski definition) is 4. The summed E-state index contributed by atoms with van der Waals surface area (Å²) in [6, 6.07) is 27.5. The third-order valence-electron chi connectivity index (χ3n) is 6.07. The Kier molecular flexibility index (Phi) is 9.27. The summed E-state index contributed by atoms with van der Waals surface area (Å²) in [7, 11) is 0. The van der Waals surface area contributed by atoms with Crippen molar-refractivity contribution in [2.75, 3.05) is 5.32 Å². The summed E-state index contributed by atoms with van der Waals surface area (Å²) in [5, 5.41) is 13.5. The van der Waals surface area contributed by atoms with Crippen molar-refractivity contribution >= 4 is 40.9 Å². The molecule has 0 saturated heterocycles. The Balaban J connectivity index is 1.40. The standard InChI is InChI=1S/C32H26Cl2N2O3/c1-21-7-8-23(15-22(21)2)19-39-31-6-4-3-5-24(31)16-26(18-35)32(37)36-28-11-13-29(14-12-28)38-20-25-9-10-27(33)17-30(25)34/h3-17H,19-20H2,1-2H3,(H,36,37)/b26-16+. The van der Waals surface area contributed by atoms with E-state index in [9.17, 15) is 10.1 Å². The normalized spacial score (nSPS) is 11.0. The van der Waals surface area contributed by atoms with Crippen LogP contribution in [0.25, 0.3) is 6.08 Å². The molecule has 0 aliphatic carbocycles. The zero-order chi connectivity index (χ0) is 27.8. The molecule has 5 nitrogen and oxygen atoms in total. The molecule has 0 aliphatic heterocycles. The van der Waals surface area contributed by atoms with Crippen LogP contribution in [0, 0.1) is 25.2 Å². The number of para-hydroxylation sites is 1. The molecule has 0 spiro atoms. The molecular weight excluding hydrogens is 531 g/mol. The highest BCUT2D eigenvalue weighted by Crippen LogP contribution is 2.25. The van der Waals surface area contributed by atoms with Crippen LogP contribution in [0.15, 0.2) is 90.5 Å². The van der Waals surface area contributed by atoms with Gasteiger partial charge >= 0.3 is 0 Å². The van der Waals surface area contributed by atoms with E-state index in [2.05, 4.69) is 31.3 Å². The van der Waals surface area contributed by atoms with Crippen molar-refractivity contribution in [3.05, 3.63) is 128 Å². The number of amides is 1. The summed E-state index contributed by atoms with van der Waals surface area (Å²) >= 11 is 12.1. The van der Waals surface area contributed by atoms with E-state index in [0.29, 0.717) is 39.4 Å². The molecule has 0 saturated carbocycles. The van der Waals surface area contributed by atoms with Crippen molar-refractivity contribution < 1.29 is 14.3 Å². The lowest BCUT2D eigenvalue weighted by molar-refractivity contribution is -0.112. The molecule has 0 unspecified atom stereocenters. The minimum absolute atomic E-state index is 0.0464. The van der Waals surface area contributed by atoms with Gasteiger partial charge in [-0.05, 0) is 79.1 Å². The van der Waals surface area contributed by atoms with Crippen LogP contribution in [-0.4, -0.2) is 5.91 Å². The maximum absolute atomic E-state index is 12.9. The van der Waals surface area contributed by atoms with E-state index in [-0.39, 0.29) is 12.2 Å². The highest BCUT2D eigenvalue weighted by atomic mass is 35.5. The molecule has 196 valence electrons. The second kappa shape index (κ2) is 13.0. The molecule has 0 aromatic heterocycles. The van der Waals surface area contributed by atoms with E-state index in [1.807, 2.05) is 36.4 Å². The van der Waals surface area contributed by atoms with Crippen molar-refractivity contribution in [1.29, 1.82) is 5.26 Å². The first-order valence-electron chi connectivity index (χ1n) is 12.2. The van der Waals surface area contributed by atoms with Crippen LogP contribution in [0.4, 0.5) is 5.69 Å². The number of carbonyl (C=O) groups excluding carboxylic acids is 1. The van der Waals surface area contributed by atoms with Gasteiger partial charge in [0.25, 0.3) is 5.91 Å². The molecule has 39 heavy (non-hydrogen) atoms. The lowest BCUT2D eigenvalue weighted by Gasteiger charge is -2.11. The van der Waals surface area contributed by atoms with Gasteiger partial charge in [-0.2, -0.15) is 5.26 Å². The van der Waals surface area contributed by atoms with Crippen molar-refractivity contribution in [3.8, 4) is 17.6 Å². The fourth-order valence-corrected chi connectivity index (χ4v) is 4.19. The van der Waals surface area contributed by atoms with Crippen LogP contribution in [0.5, 0.6) is 11.5 Å². The van der Waals surface area contributed by atoms with Crippen molar-refractivity contribution in [2.24, 2.45) is 0 Å². The minimum atomic E-state index is -0.525. The quantitative estimate of drug-likeness (QED) is 0.166. The fraction of sp³-hybridized carbons (Fsp3) is 0.125. The number of nitrogens with zero attached hydrogens (tertiary/aromatic N) is 1. The van der Waals surface area contributed by atoms with Gasteiger partial charge in [0, 0.05) is 26.9 Å². The van der Waals surface area contributed by atoms with Gasteiger partial charge < -0.3 is 14.8 Å². The summed E-state index contributed by atoms with van der Waals surface area (Å²) in [6.45, 7) is 4.77. The first-order valence-corrected chi connectivity index (χ1v) is 13.0. The molecule has 0 radical (unpaired) electrons. The summed E-state index contributed by atoms with van der Waals surface area (Å²) in [5.74, 6) is 0.659. The van der Waals surface area contributed by atoms with Gasteiger partial charge in [-0.1, -0.05) is 65.7 Å². The Morgan fingerprint density at radius 2 is 1.67 bits per heavy atom. The van der Waals surface area contributed by atoms with Crippen LogP contribution < -0.4 is 14.8 Å². The molecule has 1 N–H and O–H groups in total. The van der Waals surface area contributed by atoms with Gasteiger partial charge in [-0.3, -0.25) is 4.79 Å². The monoisotopic (exact) mass is 556 g/mol. The molecular formula is C32H26Cl2N2O3. The van der Waals surface area contributed by atoms with Crippen LogP contribution in [0.1, 0.15) is 27.8 Å². The van der Waals surface area contributed by atoms with E-state index < -0.39 is 5.91 Å². The lowest BCUT2D eigenvalue weighted by Crippen LogP contribution is -2.13. The molecule has 0 bridgehead atoms. The summed E-state index contributed by atoms with van der Waals surface area (Å²) < 4.78 is 11.8. The Labute approximate surface area is 238 Å². The van der Waals surface area contributed by atoms with E-state index in [1.165, 1.54) is 17.2 Å². The summed E-state index contributed by atoms with van der Waals surface area (Å²) in [6.07, 6.45) is 1.53. The first-order chi connectivity index (χ1) is 18.8.